The molecule has 4 heteroatoms. The van der Waals surface area contributed by atoms with E-state index < -0.39 is 0 Å². The van der Waals surface area contributed by atoms with Gasteiger partial charge in [-0.2, -0.15) is 0 Å². The second-order valence-electron chi connectivity index (χ2n) is 4.19. The maximum Gasteiger partial charge on any atom is 0.253 e. The van der Waals surface area contributed by atoms with Crippen molar-refractivity contribution < 1.29 is 4.79 Å². The zero-order valence-corrected chi connectivity index (χ0v) is 10.9. The Kier molecular flexibility index (Phi) is 3.58. The molecule has 1 amide bonds. The van der Waals surface area contributed by atoms with Crippen LogP contribution in [-0.4, -0.2) is 29.4 Å². The number of carbonyl (C=O) groups excluding carboxylic acids is 1. The lowest BCUT2D eigenvalue weighted by Crippen LogP contribution is -2.34. The number of benzene rings is 2. The molecule has 0 bridgehead atoms. The molecular formula is C14H14N2OS. The molecule has 0 saturated heterocycles. The second-order valence-corrected chi connectivity index (χ2v) is 4.71. The lowest BCUT2D eigenvalue weighted by Gasteiger charge is -2.16. The quantitative estimate of drug-likeness (QED) is 0.858. The molecular weight excluding hydrogens is 244 g/mol. The summed E-state index contributed by atoms with van der Waals surface area (Å²) in [6, 6.07) is 13.6. The van der Waals surface area contributed by atoms with E-state index in [-0.39, 0.29) is 5.91 Å². The van der Waals surface area contributed by atoms with Crippen LogP contribution in [0.15, 0.2) is 42.5 Å². The van der Waals surface area contributed by atoms with Gasteiger partial charge in [-0.25, -0.2) is 0 Å². The van der Waals surface area contributed by atoms with E-state index in [4.69, 9.17) is 18.0 Å². The Labute approximate surface area is 111 Å². The Balaban J connectivity index is 2.30. The highest BCUT2D eigenvalue weighted by molar-refractivity contribution is 7.80. The molecule has 0 radical (unpaired) electrons. The van der Waals surface area contributed by atoms with Gasteiger partial charge in [0.15, 0.2) is 0 Å². The number of likely N-dealkylation sites (N-methyl/N-ethyl adjacent to an activating group) is 1. The topological polar surface area (TPSA) is 46.3 Å². The van der Waals surface area contributed by atoms with Crippen LogP contribution in [0.4, 0.5) is 0 Å². The van der Waals surface area contributed by atoms with Gasteiger partial charge in [0.2, 0.25) is 0 Å². The minimum absolute atomic E-state index is 0.0754. The number of nitrogens with zero attached hydrogens (tertiary/aromatic N) is 1. The van der Waals surface area contributed by atoms with E-state index in [1.165, 1.54) is 4.90 Å². The molecule has 0 spiro atoms. The molecule has 18 heavy (non-hydrogen) atoms. The van der Waals surface area contributed by atoms with E-state index in [1.54, 1.807) is 7.05 Å². The average molecular weight is 258 g/mol. The van der Waals surface area contributed by atoms with Crippen molar-refractivity contribution in [2.75, 3.05) is 13.6 Å². The monoisotopic (exact) mass is 258 g/mol. The van der Waals surface area contributed by atoms with E-state index in [2.05, 4.69) is 0 Å². The molecule has 0 aliphatic heterocycles. The number of rotatable bonds is 3. The van der Waals surface area contributed by atoms with E-state index in [9.17, 15) is 4.79 Å². The molecule has 0 aromatic heterocycles. The Morgan fingerprint density at radius 1 is 1.22 bits per heavy atom. The van der Waals surface area contributed by atoms with Crippen molar-refractivity contribution in [3.05, 3.63) is 48.0 Å². The number of fused-ring (bicyclic) bond motifs is 1. The van der Waals surface area contributed by atoms with Crippen molar-refractivity contribution in [1.82, 2.24) is 4.90 Å². The first-order valence-corrected chi connectivity index (χ1v) is 6.01. The lowest BCUT2D eigenvalue weighted by atomic mass is 10.1. The molecule has 3 nitrogen and oxygen atoms in total. The van der Waals surface area contributed by atoms with Crippen molar-refractivity contribution >= 4 is 33.9 Å². The largest absolute Gasteiger partial charge is 0.392 e. The molecule has 0 saturated carbocycles. The molecule has 2 rings (SSSR count). The summed E-state index contributed by atoms with van der Waals surface area (Å²) >= 11 is 4.80. The number of hydrogen-bond donors (Lipinski definition) is 1. The zero-order chi connectivity index (χ0) is 13.1. The summed E-state index contributed by atoms with van der Waals surface area (Å²) in [5.74, 6) is -0.0754. The van der Waals surface area contributed by atoms with Crippen molar-refractivity contribution in [2.45, 2.75) is 0 Å². The summed E-state index contributed by atoms with van der Waals surface area (Å²) in [5, 5.41) is 2.16. The summed E-state index contributed by atoms with van der Waals surface area (Å²) < 4.78 is 0. The maximum atomic E-state index is 12.1. The normalized spacial score (nSPS) is 10.3. The fourth-order valence-electron chi connectivity index (χ4n) is 1.85. The Hall–Kier alpha value is -1.94. The van der Waals surface area contributed by atoms with Crippen molar-refractivity contribution in [3.63, 3.8) is 0 Å². The van der Waals surface area contributed by atoms with E-state index >= 15 is 0 Å². The van der Waals surface area contributed by atoms with E-state index in [1.807, 2.05) is 42.5 Å². The van der Waals surface area contributed by atoms with Gasteiger partial charge in [0.1, 0.15) is 0 Å². The average Bonchev–Trinajstić information content (AvgIpc) is 2.36. The van der Waals surface area contributed by atoms with Crippen LogP contribution in [0.3, 0.4) is 0 Å². The van der Waals surface area contributed by atoms with Crippen molar-refractivity contribution in [3.8, 4) is 0 Å². The fraction of sp³-hybridized carbons (Fsp3) is 0.143. The lowest BCUT2D eigenvalue weighted by molar-refractivity contribution is 0.0815. The number of amides is 1. The smallest absolute Gasteiger partial charge is 0.253 e. The minimum atomic E-state index is -0.0754. The molecule has 92 valence electrons. The Morgan fingerprint density at radius 2 is 1.89 bits per heavy atom. The van der Waals surface area contributed by atoms with Gasteiger partial charge in [-0.15, -0.1) is 0 Å². The standard InChI is InChI=1S/C14H14N2OS/c1-16(9-13(15)18)14(17)12-7-6-10-4-2-3-5-11(10)8-12/h2-8H,9H2,1H3,(H2,15,18). The summed E-state index contributed by atoms with van der Waals surface area (Å²) in [6.07, 6.45) is 0. The molecule has 2 N–H and O–H groups in total. The van der Waals surface area contributed by atoms with Gasteiger partial charge in [-0.3, -0.25) is 4.79 Å². The molecule has 0 unspecified atom stereocenters. The third-order valence-corrected chi connectivity index (χ3v) is 2.87. The molecule has 0 aliphatic rings. The predicted molar refractivity (Wildman–Crippen MR) is 77.7 cm³/mol. The van der Waals surface area contributed by atoms with Crippen LogP contribution in [0.1, 0.15) is 10.4 Å². The highest BCUT2D eigenvalue weighted by Crippen LogP contribution is 2.16. The van der Waals surface area contributed by atoms with Crippen LogP contribution in [-0.2, 0) is 0 Å². The van der Waals surface area contributed by atoms with Crippen LogP contribution in [0, 0.1) is 0 Å². The second kappa shape index (κ2) is 5.14. The van der Waals surface area contributed by atoms with Gasteiger partial charge in [-0.1, -0.05) is 42.5 Å². The Morgan fingerprint density at radius 3 is 2.56 bits per heavy atom. The van der Waals surface area contributed by atoms with Crippen LogP contribution in [0.2, 0.25) is 0 Å². The highest BCUT2D eigenvalue weighted by Gasteiger charge is 2.12. The number of thiocarbonyl (C=S) groups is 1. The predicted octanol–water partition coefficient (Wildman–Crippen LogP) is 2.20. The van der Waals surface area contributed by atoms with Gasteiger partial charge >= 0.3 is 0 Å². The van der Waals surface area contributed by atoms with Gasteiger partial charge in [0.25, 0.3) is 5.91 Å². The summed E-state index contributed by atoms with van der Waals surface area (Å²) in [6.45, 7) is 0.293. The van der Waals surface area contributed by atoms with Crippen molar-refractivity contribution in [2.24, 2.45) is 5.73 Å². The van der Waals surface area contributed by atoms with Gasteiger partial charge in [0.05, 0.1) is 11.5 Å². The first-order valence-electron chi connectivity index (χ1n) is 5.60. The first-order chi connectivity index (χ1) is 8.58. The molecule has 0 atom stereocenters. The van der Waals surface area contributed by atoms with Crippen LogP contribution < -0.4 is 5.73 Å². The molecule has 2 aromatic rings. The maximum absolute atomic E-state index is 12.1. The molecule has 0 aliphatic carbocycles. The van der Waals surface area contributed by atoms with Gasteiger partial charge in [-0.05, 0) is 22.9 Å². The van der Waals surface area contributed by atoms with Crippen LogP contribution in [0.25, 0.3) is 10.8 Å². The number of hydrogen-bond acceptors (Lipinski definition) is 2. The molecule has 2 aromatic carbocycles. The summed E-state index contributed by atoms with van der Waals surface area (Å²) in [5.41, 5.74) is 6.08. The van der Waals surface area contributed by atoms with Crippen molar-refractivity contribution in [1.29, 1.82) is 0 Å². The molecule has 0 fully saturated rings. The summed E-state index contributed by atoms with van der Waals surface area (Å²) in [7, 11) is 1.69. The van der Waals surface area contributed by atoms with Crippen LogP contribution in [0.5, 0.6) is 0 Å². The zero-order valence-electron chi connectivity index (χ0n) is 10.1. The number of nitrogens with two attached hydrogens (primary N) is 1. The summed E-state index contributed by atoms with van der Waals surface area (Å²) in [4.78, 5) is 14.0. The van der Waals surface area contributed by atoms with Crippen LogP contribution >= 0.6 is 12.2 Å². The fourth-order valence-corrected chi connectivity index (χ4v) is 2.04. The van der Waals surface area contributed by atoms with E-state index in [0.717, 1.165) is 10.8 Å². The third kappa shape index (κ3) is 2.65. The Bertz CT molecular complexity index is 610. The van der Waals surface area contributed by atoms with E-state index in [0.29, 0.717) is 17.1 Å². The highest BCUT2D eigenvalue weighted by atomic mass is 32.1. The number of carbonyl (C=O) groups is 1. The minimum Gasteiger partial charge on any atom is -0.392 e. The molecule has 0 heterocycles. The first kappa shape index (κ1) is 12.5. The van der Waals surface area contributed by atoms with Gasteiger partial charge < -0.3 is 10.6 Å². The SMILES string of the molecule is CN(CC(N)=S)C(=O)c1ccc2ccccc2c1. The van der Waals surface area contributed by atoms with Gasteiger partial charge in [0, 0.05) is 12.6 Å². The third-order valence-electron chi connectivity index (χ3n) is 2.74.